The number of aliphatic hydroxyl groups is 2. The van der Waals surface area contributed by atoms with Gasteiger partial charge in [-0.3, -0.25) is 0 Å². The van der Waals surface area contributed by atoms with E-state index >= 15 is 0 Å². The molecule has 0 aromatic heterocycles. The van der Waals surface area contributed by atoms with E-state index in [1.165, 1.54) is 0 Å². The van der Waals surface area contributed by atoms with Crippen LogP contribution in [0.2, 0.25) is 0 Å². The number of fused-ring (bicyclic) bond motifs is 2. The van der Waals surface area contributed by atoms with Crippen LogP contribution in [0.4, 0.5) is 52.7 Å². The molecule has 0 fully saturated rings. The standard InChI is InChI=1S/C26H16F8O4.C10H12O2.C8H4F4O2/c27-19-7-5-15(9-17(19)25(29,30)31)23(35)37-21-11-13-3-1-2-4-14(13)12-22(21)38-24(36)16-6-8-20(28)18(10-16)26(32,33)34;11-9-5-7-3-1-2-4-8(7)6-10(9)12;9-6-2-1-4(7(13)14)3-5(6)8(10,11)12/h1-10,21-22H,11-12H2;1-4,9-12H,5-6H2;1-3H,(H,13,14)/t21-,22+;9-,10+;. The van der Waals surface area contributed by atoms with Crippen LogP contribution in [0.3, 0.4) is 0 Å². The average Bonchev–Trinajstić information content (AvgIpc) is 3.21. The average molecular weight is 917 g/mol. The Bertz CT molecular complexity index is 2370. The van der Waals surface area contributed by atoms with Gasteiger partial charge in [0.15, 0.2) is 0 Å². The quantitative estimate of drug-likeness (QED) is 0.118. The molecular formula is C44H32F12O8. The van der Waals surface area contributed by atoms with E-state index in [2.05, 4.69) is 0 Å². The third-order valence-electron chi connectivity index (χ3n) is 9.85. The van der Waals surface area contributed by atoms with Crippen LogP contribution in [0.25, 0.3) is 0 Å². The molecule has 20 heteroatoms. The van der Waals surface area contributed by atoms with Crippen molar-refractivity contribution in [3.05, 3.63) is 176 Å². The number of ether oxygens (including phenoxy) is 2. The lowest BCUT2D eigenvalue weighted by Crippen LogP contribution is -2.41. The molecule has 64 heavy (non-hydrogen) atoms. The molecule has 7 rings (SSSR count). The van der Waals surface area contributed by atoms with Gasteiger partial charge in [-0.25, -0.2) is 27.6 Å². The summed E-state index contributed by atoms with van der Waals surface area (Å²) in [5, 5.41) is 27.1. The van der Waals surface area contributed by atoms with Crippen molar-refractivity contribution in [3.8, 4) is 0 Å². The predicted octanol–water partition coefficient (Wildman–Crippen LogP) is 9.60. The fourth-order valence-corrected chi connectivity index (χ4v) is 6.59. The highest BCUT2D eigenvalue weighted by atomic mass is 19.4. The number of aliphatic hydroxyl groups excluding tert-OH is 2. The number of carboxylic acids is 1. The van der Waals surface area contributed by atoms with E-state index in [-0.39, 0.29) is 31.0 Å². The summed E-state index contributed by atoms with van der Waals surface area (Å²) >= 11 is 0. The van der Waals surface area contributed by atoms with Gasteiger partial charge in [0.05, 0.1) is 45.6 Å². The fraction of sp³-hybridized carbons (Fsp3) is 0.250. The lowest BCUT2D eigenvalue weighted by atomic mass is 9.87. The van der Waals surface area contributed by atoms with Crippen molar-refractivity contribution >= 4 is 17.9 Å². The summed E-state index contributed by atoms with van der Waals surface area (Å²) in [6.07, 6.45) is -17.6. The van der Waals surface area contributed by atoms with Crippen LogP contribution in [0.5, 0.6) is 0 Å². The number of hydrogen-bond acceptors (Lipinski definition) is 7. The minimum Gasteiger partial charge on any atom is -0.478 e. The Labute approximate surface area is 354 Å². The predicted molar refractivity (Wildman–Crippen MR) is 199 cm³/mol. The van der Waals surface area contributed by atoms with Gasteiger partial charge in [-0.1, -0.05) is 48.5 Å². The highest BCUT2D eigenvalue weighted by Crippen LogP contribution is 2.35. The molecule has 5 aromatic carbocycles. The largest absolute Gasteiger partial charge is 0.478 e. The lowest BCUT2D eigenvalue weighted by Gasteiger charge is -2.32. The first-order chi connectivity index (χ1) is 29.8. The molecular weight excluding hydrogens is 884 g/mol. The van der Waals surface area contributed by atoms with Crippen molar-refractivity contribution in [2.24, 2.45) is 0 Å². The summed E-state index contributed by atoms with van der Waals surface area (Å²) < 4.78 is 165. The number of hydrogen-bond donors (Lipinski definition) is 3. The maximum absolute atomic E-state index is 13.6. The number of carbonyl (C=O) groups is 3. The lowest BCUT2D eigenvalue weighted by molar-refractivity contribution is -0.140. The zero-order chi connectivity index (χ0) is 47.3. The minimum absolute atomic E-state index is 0.0373. The van der Waals surface area contributed by atoms with Crippen molar-refractivity contribution in [2.75, 3.05) is 0 Å². The van der Waals surface area contributed by atoms with Crippen molar-refractivity contribution in [1.29, 1.82) is 0 Å². The summed E-state index contributed by atoms with van der Waals surface area (Å²) in [7, 11) is 0. The number of esters is 2. The van der Waals surface area contributed by atoms with Crippen molar-refractivity contribution in [2.45, 2.75) is 68.6 Å². The normalized spacial score (nSPS) is 18.2. The molecule has 8 nitrogen and oxygen atoms in total. The molecule has 0 saturated heterocycles. The molecule has 2 aliphatic rings. The van der Waals surface area contributed by atoms with Gasteiger partial charge < -0.3 is 24.8 Å². The van der Waals surface area contributed by atoms with Crippen LogP contribution in [0.15, 0.2) is 103 Å². The van der Waals surface area contributed by atoms with E-state index in [9.17, 15) is 77.3 Å². The number of aromatic carboxylic acids is 1. The smallest absolute Gasteiger partial charge is 0.419 e. The van der Waals surface area contributed by atoms with Gasteiger partial charge in [0.2, 0.25) is 0 Å². The van der Waals surface area contributed by atoms with Crippen molar-refractivity contribution in [3.63, 3.8) is 0 Å². The van der Waals surface area contributed by atoms with Gasteiger partial charge in [-0.05, 0) is 76.9 Å². The highest BCUT2D eigenvalue weighted by molar-refractivity contribution is 5.91. The number of rotatable bonds is 5. The van der Waals surface area contributed by atoms with Gasteiger partial charge in [-0.2, -0.15) is 39.5 Å². The minimum atomic E-state index is -5.08. The van der Waals surface area contributed by atoms with Crippen LogP contribution >= 0.6 is 0 Å². The highest BCUT2D eigenvalue weighted by Gasteiger charge is 2.39. The first kappa shape index (κ1) is 48.6. The molecule has 5 aromatic rings. The summed E-state index contributed by atoms with van der Waals surface area (Å²) in [5.41, 5.74) is -3.09. The van der Waals surface area contributed by atoms with Crippen molar-refractivity contribution in [1.82, 2.24) is 0 Å². The number of benzene rings is 5. The van der Waals surface area contributed by atoms with Gasteiger partial charge in [0.1, 0.15) is 29.7 Å². The number of carbonyl (C=O) groups excluding carboxylic acids is 2. The number of carboxylic acid groups (broad SMARTS) is 1. The van der Waals surface area contributed by atoms with E-state index < -0.39 is 112 Å². The van der Waals surface area contributed by atoms with E-state index in [4.69, 9.17) is 14.6 Å². The Morgan fingerprint density at radius 1 is 0.453 bits per heavy atom. The molecule has 0 amide bonds. The van der Waals surface area contributed by atoms with Gasteiger partial charge in [0, 0.05) is 25.7 Å². The Hall–Kier alpha value is -6.41. The second-order valence-corrected chi connectivity index (χ2v) is 14.3. The van der Waals surface area contributed by atoms with Crippen molar-refractivity contribution < 1.29 is 91.9 Å². The first-order valence-corrected chi connectivity index (χ1v) is 18.6. The first-order valence-electron chi connectivity index (χ1n) is 18.6. The molecule has 340 valence electrons. The molecule has 0 radical (unpaired) electrons. The van der Waals surface area contributed by atoms with E-state index in [0.717, 1.165) is 29.3 Å². The Morgan fingerprint density at radius 2 is 0.734 bits per heavy atom. The Kier molecular flexibility index (Phi) is 14.8. The van der Waals surface area contributed by atoms with E-state index in [0.29, 0.717) is 42.2 Å². The van der Waals surface area contributed by atoms with Gasteiger partial charge in [0.25, 0.3) is 0 Å². The van der Waals surface area contributed by atoms with Gasteiger partial charge >= 0.3 is 36.4 Å². The molecule has 0 spiro atoms. The second-order valence-electron chi connectivity index (χ2n) is 14.3. The molecule has 3 N–H and O–H groups in total. The summed E-state index contributed by atoms with van der Waals surface area (Å²) in [5.74, 6) is -8.72. The maximum atomic E-state index is 13.6. The van der Waals surface area contributed by atoms with Crippen LogP contribution in [-0.4, -0.2) is 57.6 Å². The molecule has 4 atom stereocenters. The number of alkyl halides is 9. The molecule has 0 saturated carbocycles. The zero-order valence-corrected chi connectivity index (χ0v) is 32.4. The zero-order valence-electron chi connectivity index (χ0n) is 32.4. The molecule has 2 aliphatic carbocycles. The summed E-state index contributed by atoms with van der Waals surface area (Å²) in [4.78, 5) is 35.7. The fourth-order valence-electron chi connectivity index (χ4n) is 6.59. The van der Waals surface area contributed by atoms with Crippen LogP contribution in [0.1, 0.15) is 70.0 Å². The molecule has 0 bridgehead atoms. The molecule has 0 heterocycles. The van der Waals surface area contributed by atoms with Crippen LogP contribution < -0.4 is 0 Å². The second kappa shape index (κ2) is 19.5. The third kappa shape index (κ3) is 12.2. The van der Waals surface area contributed by atoms with Crippen LogP contribution in [0, 0.1) is 17.5 Å². The Morgan fingerprint density at radius 3 is 1.03 bits per heavy atom. The maximum Gasteiger partial charge on any atom is 0.419 e. The summed E-state index contributed by atoms with van der Waals surface area (Å²) in [6, 6.07) is 19.2. The van der Waals surface area contributed by atoms with E-state index in [1.807, 2.05) is 24.3 Å². The van der Waals surface area contributed by atoms with Crippen LogP contribution in [-0.2, 0) is 53.7 Å². The molecule has 0 unspecified atom stereocenters. The van der Waals surface area contributed by atoms with E-state index in [1.54, 1.807) is 24.3 Å². The monoisotopic (exact) mass is 916 g/mol. The summed E-state index contributed by atoms with van der Waals surface area (Å²) in [6.45, 7) is 0. The topological polar surface area (TPSA) is 130 Å². The SMILES string of the molecule is O=C(O)c1ccc(F)c(C(F)(F)F)c1.O=C(O[C@H]1Cc2ccccc2C[C@H]1OC(=O)c1ccc(F)c(C(F)(F)F)c1)c1ccc(F)c(C(F)(F)F)c1.O[C@@H]1Cc2ccccc2C[C@@H]1O. The Balaban J connectivity index is 0.000000239. The molecule has 0 aliphatic heterocycles. The number of halogens is 12. The van der Waals surface area contributed by atoms with Gasteiger partial charge in [-0.15, -0.1) is 0 Å². The third-order valence-corrected chi connectivity index (χ3v) is 9.85.